The predicted molar refractivity (Wildman–Crippen MR) is 57.5 cm³/mol. The Morgan fingerprint density at radius 3 is 2.60 bits per heavy atom. The Morgan fingerprint density at radius 2 is 2.07 bits per heavy atom. The normalized spacial score (nSPS) is 25.7. The van der Waals surface area contributed by atoms with E-state index < -0.39 is 5.60 Å². The van der Waals surface area contributed by atoms with Crippen molar-refractivity contribution in [2.24, 2.45) is 0 Å². The molecule has 0 aromatic carbocycles. The van der Waals surface area contributed by atoms with Gasteiger partial charge in [-0.15, -0.1) is 0 Å². The molecule has 86 valence electrons. The van der Waals surface area contributed by atoms with E-state index in [-0.39, 0.29) is 12.3 Å². The number of amides is 1. The molecule has 0 bridgehead atoms. The van der Waals surface area contributed by atoms with Crippen LogP contribution in [0.5, 0.6) is 0 Å². The van der Waals surface area contributed by atoms with Gasteiger partial charge in [-0.3, -0.25) is 4.79 Å². The zero-order chi connectivity index (χ0) is 10.7. The monoisotopic (exact) mass is 212 g/mol. The summed E-state index contributed by atoms with van der Waals surface area (Å²) in [7, 11) is 0. The highest BCUT2D eigenvalue weighted by atomic mass is 16.3. The van der Waals surface area contributed by atoms with Gasteiger partial charge >= 0.3 is 0 Å². The van der Waals surface area contributed by atoms with Gasteiger partial charge in [0.15, 0.2) is 0 Å². The molecule has 1 aliphatic heterocycles. The van der Waals surface area contributed by atoms with Crippen LogP contribution in [-0.2, 0) is 4.79 Å². The molecule has 0 radical (unpaired) electrons. The Kier molecular flexibility index (Phi) is 3.26. The highest BCUT2D eigenvalue weighted by Crippen LogP contribution is 2.23. The van der Waals surface area contributed by atoms with Gasteiger partial charge in [-0.2, -0.15) is 0 Å². The molecule has 4 nitrogen and oxygen atoms in total. The lowest BCUT2D eigenvalue weighted by atomic mass is 9.88. The predicted octanol–water partition coefficient (Wildman–Crippen LogP) is 0.160. The summed E-state index contributed by atoms with van der Waals surface area (Å²) in [6, 6.07) is 0.378. The van der Waals surface area contributed by atoms with Crippen molar-refractivity contribution >= 4 is 5.91 Å². The average molecular weight is 212 g/mol. The minimum atomic E-state index is -0.765. The second kappa shape index (κ2) is 4.49. The summed E-state index contributed by atoms with van der Waals surface area (Å²) in [5.41, 5.74) is -0.765. The molecule has 0 atom stereocenters. The summed E-state index contributed by atoms with van der Waals surface area (Å²) in [5, 5.41) is 16.3. The SMILES string of the molecule is O=C(CC1(O)CCNCC1)NC1CCC1. The highest BCUT2D eigenvalue weighted by Gasteiger charge is 2.32. The first-order valence-electron chi connectivity index (χ1n) is 5.90. The van der Waals surface area contributed by atoms with Gasteiger partial charge in [-0.05, 0) is 45.2 Å². The minimum Gasteiger partial charge on any atom is -0.389 e. The first-order valence-corrected chi connectivity index (χ1v) is 5.90. The molecule has 2 fully saturated rings. The van der Waals surface area contributed by atoms with E-state index in [1.54, 1.807) is 0 Å². The quantitative estimate of drug-likeness (QED) is 0.624. The van der Waals surface area contributed by atoms with Gasteiger partial charge in [-0.25, -0.2) is 0 Å². The van der Waals surface area contributed by atoms with Gasteiger partial charge in [0.2, 0.25) is 5.91 Å². The van der Waals surface area contributed by atoms with Crippen LogP contribution < -0.4 is 10.6 Å². The summed E-state index contributed by atoms with van der Waals surface area (Å²) in [6.45, 7) is 1.63. The number of aliphatic hydroxyl groups is 1. The standard InChI is InChI=1S/C11H20N2O2/c14-10(13-9-2-1-3-9)8-11(15)4-6-12-7-5-11/h9,12,15H,1-8H2,(H,13,14). The zero-order valence-electron chi connectivity index (χ0n) is 9.09. The molecule has 1 saturated heterocycles. The number of hydrogen-bond donors (Lipinski definition) is 3. The van der Waals surface area contributed by atoms with Crippen LogP contribution in [0.25, 0.3) is 0 Å². The lowest BCUT2D eigenvalue weighted by molar-refractivity contribution is -0.128. The van der Waals surface area contributed by atoms with E-state index in [0.717, 1.165) is 25.9 Å². The van der Waals surface area contributed by atoms with Crippen molar-refractivity contribution in [1.29, 1.82) is 0 Å². The van der Waals surface area contributed by atoms with Crippen molar-refractivity contribution in [3.63, 3.8) is 0 Å². The van der Waals surface area contributed by atoms with Crippen LogP contribution >= 0.6 is 0 Å². The van der Waals surface area contributed by atoms with Crippen LogP contribution in [-0.4, -0.2) is 35.7 Å². The Hall–Kier alpha value is -0.610. The van der Waals surface area contributed by atoms with Gasteiger partial charge in [0.1, 0.15) is 0 Å². The topological polar surface area (TPSA) is 61.4 Å². The molecule has 15 heavy (non-hydrogen) atoms. The van der Waals surface area contributed by atoms with E-state index in [2.05, 4.69) is 10.6 Å². The van der Waals surface area contributed by atoms with Crippen molar-refractivity contribution in [2.45, 2.75) is 50.2 Å². The van der Waals surface area contributed by atoms with Crippen LogP contribution in [0.2, 0.25) is 0 Å². The number of carbonyl (C=O) groups excluding carboxylic acids is 1. The number of carbonyl (C=O) groups is 1. The molecular weight excluding hydrogens is 192 g/mol. The Bertz CT molecular complexity index is 233. The molecule has 1 saturated carbocycles. The summed E-state index contributed by atoms with van der Waals surface area (Å²) >= 11 is 0. The van der Waals surface area contributed by atoms with E-state index in [4.69, 9.17) is 0 Å². The number of nitrogens with one attached hydrogen (secondary N) is 2. The maximum absolute atomic E-state index is 11.6. The summed E-state index contributed by atoms with van der Waals surface area (Å²) in [6.07, 6.45) is 5.07. The minimum absolute atomic E-state index is 0.0177. The van der Waals surface area contributed by atoms with E-state index in [1.165, 1.54) is 6.42 Å². The Morgan fingerprint density at radius 1 is 1.40 bits per heavy atom. The van der Waals surface area contributed by atoms with Crippen LogP contribution in [0, 0.1) is 0 Å². The lowest BCUT2D eigenvalue weighted by Gasteiger charge is -2.33. The molecule has 2 rings (SSSR count). The molecule has 1 amide bonds. The molecule has 1 aliphatic carbocycles. The smallest absolute Gasteiger partial charge is 0.223 e. The summed E-state index contributed by atoms with van der Waals surface area (Å²) in [4.78, 5) is 11.6. The largest absolute Gasteiger partial charge is 0.389 e. The second-order valence-electron chi connectivity index (χ2n) is 4.85. The fourth-order valence-corrected chi connectivity index (χ4v) is 2.20. The zero-order valence-corrected chi connectivity index (χ0v) is 9.09. The first kappa shape index (κ1) is 10.9. The molecule has 0 unspecified atom stereocenters. The molecule has 0 aromatic heterocycles. The van der Waals surface area contributed by atoms with Gasteiger partial charge in [0.25, 0.3) is 0 Å². The van der Waals surface area contributed by atoms with Crippen LogP contribution in [0.1, 0.15) is 38.5 Å². The third-order valence-corrected chi connectivity index (χ3v) is 3.49. The van der Waals surface area contributed by atoms with Crippen molar-refractivity contribution < 1.29 is 9.90 Å². The Balaban J connectivity index is 1.75. The molecule has 2 aliphatic rings. The highest BCUT2D eigenvalue weighted by molar-refractivity contribution is 5.77. The van der Waals surface area contributed by atoms with Crippen LogP contribution in [0.15, 0.2) is 0 Å². The summed E-state index contributed by atoms with van der Waals surface area (Å²) < 4.78 is 0. The number of piperidine rings is 1. The molecular formula is C11H20N2O2. The van der Waals surface area contributed by atoms with Gasteiger partial charge in [-0.1, -0.05) is 0 Å². The Labute approximate surface area is 90.4 Å². The van der Waals surface area contributed by atoms with Gasteiger partial charge in [0, 0.05) is 6.04 Å². The molecule has 4 heteroatoms. The molecule has 3 N–H and O–H groups in total. The van der Waals surface area contributed by atoms with Crippen molar-refractivity contribution in [3.05, 3.63) is 0 Å². The van der Waals surface area contributed by atoms with E-state index >= 15 is 0 Å². The third-order valence-electron chi connectivity index (χ3n) is 3.49. The summed E-state index contributed by atoms with van der Waals surface area (Å²) in [5.74, 6) is 0.0177. The van der Waals surface area contributed by atoms with Crippen molar-refractivity contribution in [3.8, 4) is 0 Å². The van der Waals surface area contributed by atoms with Gasteiger partial charge < -0.3 is 15.7 Å². The second-order valence-corrected chi connectivity index (χ2v) is 4.85. The first-order chi connectivity index (χ1) is 7.18. The van der Waals surface area contributed by atoms with Crippen LogP contribution in [0.3, 0.4) is 0 Å². The molecule has 0 aromatic rings. The lowest BCUT2D eigenvalue weighted by Crippen LogP contribution is -2.47. The fourth-order valence-electron chi connectivity index (χ4n) is 2.20. The van der Waals surface area contributed by atoms with Crippen molar-refractivity contribution in [2.75, 3.05) is 13.1 Å². The maximum Gasteiger partial charge on any atom is 0.223 e. The third kappa shape index (κ3) is 2.92. The van der Waals surface area contributed by atoms with Gasteiger partial charge in [0.05, 0.1) is 12.0 Å². The molecule has 1 heterocycles. The van der Waals surface area contributed by atoms with Crippen LogP contribution in [0.4, 0.5) is 0 Å². The number of rotatable bonds is 3. The van der Waals surface area contributed by atoms with E-state index in [1.807, 2.05) is 0 Å². The maximum atomic E-state index is 11.6. The van der Waals surface area contributed by atoms with Crippen molar-refractivity contribution in [1.82, 2.24) is 10.6 Å². The average Bonchev–Trinajstić information content (AvgIpc) is 2.12. The number of hydrogen-bond acceptors (Lipinski definition) is 3. The fraction of sp³-hybridized carbons (Fsp3) is 0.909. The van der Waals surface area contributed by atoms with E-state index in [9.17, 15) is 9.90 Å². The van der Waals surface area contributed by atoms with E-state index in [0.29, 0.717) is 18.9 Å². The molecule has 0 spiro atoms.